The Morgan fingerprint density at radius 3 is 2.71 bits per heavy atom. The standard InChI is InChI=1S/C16H14F3N5O3S/c17-16(18,19)15-20-13(22-27-15)12-2-1-10(28-12)9-24-4-3-11(21-24)14(25)23-5-7-26-8-6-23/h1-4H,5-9H2. The Balaban J connectivity index is 1.44. The topological polar surface area (TPSA) is 86.3 Å². The summed E-state index contributed by atoms with van der Waals surface area (Å²) in [5, 5.41) is 7.67. The number of aromatic nitrogens is 4. The summed E-state index contributed by atoms with van der Waals surface area (Å²) in [4.78, 5) is 18.8. The third-order valence-corrected chi connectivity index (χ3v) is 5.09. The Morgan fingerprint density at radius 1 is 1.21 bits per heavy atom. The van der Waals surface area contributed by atoms with Gasteiger partial charge in [-0.25, -0.2) is 0 Å². The minimum Gasteiger partial charge on any atom is -0.378 e. The molecule has 28 heavy (non-hydrogen) atoms. The Kier molecular flexibility index (Phi) is 4.89. The molecule has 0 unspecified atom stereocenters. The molecular weight excluding hydrogens is 399 g/mol. The number of rotatable bonds is 4. The average molecular weight is 413 g/mol. The van der Waals surface area contributed by atoms with Crippen LogP contribution in [-0.2, 0) is 17.5 Å². The van der Waals surface area contributed by atoms with Crippen molar-refractivity contribution in [3.8, 4) is 10.7 Å². The second-order valence-electron chi connectivity index (χ2n) is 5.99. The van der Waals surface area contributed by atoms with Gasteiger partial charge in [-0.3, -0.25) is 9.48 Å². The highest BCUT2D eigenvalue weighted by molar-refractivity contribution is 7.15. The number of hydrogen-bond donors (Lipinski definition) is 0. The van der Waals surface area contributed by atoms with Crippen LogP contribution in [0.3, 0.4) is 0 Å². The van der Waals surface area contributed by atoms with Crippen LogP contribution in [0.2, 0.25) is 0 Å². The molecule has 0 atom stereocenters. The maximum Gasteiger partial charge on any atom is 0.471 e. The van der Waals surface area contributed by atoms with Gasteiger partial charge in [0.25, 0.3) is 5.91 Å². The van der Waals surface area contributed by atoms with Crippen LogP contribution < -0.4 is 0 Å². The van der Waals surface area contributed by atoms with Crippen LogP contribution >= 0.6 is 11.3 Å². The van der Waals surface area contributed by atoms with Gasteiger partial charge < -0.3 is 14.2 Å². The lowest BCUT2D eigenvalue weighted by atomic mass is 10.3. The second kappa shape index (κ2) is 7.36. The maximum absolute atomic E-state index is 12.6. The lowest BCUT2D eigenvalue weighted by molar-refractivity contribution is -0.159. The quantitative estimate of drug-likeness (QED) is 0.653. The normalized spacial score (nSPS) is 15.2. The molecule has 1 amide bonds. The summed E-state index contributed by atoms with van der Waals surface area (Å²) in [5.41, 5.74) is 0.340. The van der Waals surface area contributed by atoms with Crippen LogP contribution in [0.4, 0.5) is 13.2 Å². The Bertz CT molecular complexity index is 974. The van der Waals surface area contributed by atoms with Crippen LogP contribution in [0, 0.1) is 0 Å². The molecule has 4 rings (SSSR count). The zero-order chi connectivity index (χ0) is 19.7. The van der Waals surface area contributed by atoms with Crippen LogP contribution in [0.1, 0.15) is 21.3 Å². The molecule has 0 spiro atoms. The molecule has 0 saturated carbocycles. The van der Waals surface area contributed by atoms with E-state index in [1.165, 1.54) is 11.3 Å². The fourth-order valence-corrected chi connectivity index (χ4v) is 3.60. The highest BCUT2D eigenvalue weighted by Gasteiger charge is 2.38. The molecule has 3 aromatic rings. The Morgan fingerprint density at radius 2 is 2.00 bits per heavy atom. The summed E-state index contributed by atoms with van der Waals surface area (Å²) < 4.78 is 48.8. The van der Waals surface area contributed by atoms with Gasteiger partial charge in [-0.2, -0.15) is 23.3 Å². The molecule has 0 radical (unpaired) electrons. The van der Waals surface area contributed by atoms with Gasteiger partial charge >= 0.3 is 12.1 Å². The molecule has 0 N–H and O–H groups in total. The highest BCUT2D eigenvalue weighted by atomic mass is 32.1. The minimum atomic E-state index is -4.68. The van der Waals surface area contributed by atoms with Gasteiger partial charge in [-0.1, -0.05) is 5.16 Å². The summed E-state index contributed by atoms with van der Waals surface area (Å²) in [5.74, 6) is -1.65. The van der Waals surface area contributed by atoms with E-state index in [0.717, 1.165) is 4.88 Å². The molecule has 1 saturated heterocycles. The molecule has 0 aromatic carbocycles. The van der Waals surface area contributed by atoms with Crippen molar-refractivity contribution in [1.29, 1.82) is 0 Å². The summed E-state index contributed by atoms with van der Waals surface area (Å²) >= 11 is 1.23. The first-order valence-corrected chi connectivity index (χ1v) is 9.12. The minimum absolute atomic E-state index is 0.118. The third kappa shape index (κ3) is 3.92. The Hall–Kier alpha value is -2.73. The van der Waals surface area contributed by atoms with Crippen molar-refractivity contribution in [2.45, 2.75) is 12.7 Å². The Labute approximate surface area is 160 Å². The van der Waals surface area contributed by atoms with E-state index < -0.39 is 12.1 Å². The number of halogens is 3. The van der Waals surface area contributed by atoms with Crippen LogP contribution in [0.5, 0.6) is 0 Å². The first-order valence-electron chi connectivity index (χ1n) is 8.30. The van der Waals surface area contributed by atoms with Gasteiger partial charge in [0, 0.05) is 24.2 Å². The van der Waals surface area contributed by atoms with Gasteiger partial charge in [-0.05, 0) is 18.2 Å². The molecule has 8 nitrogen and oxygen atoms in total. The molecule has 12 heteroatoms. The van der Waals surface area contributed by atoms with Crippen molar-refractivity contribution in [2.24, 2.45) is 0 Å². The summed E-state index contributed by atoms with van der Waals surface area (Å²) in [6.07, 6.45) is -2.99. The van der Waals surface area contributed by atoms with E-state index in [-0.39, 0.29) is 11.7 Å². The number of carbonyl (C=O) groups excluding carboxylic acids is 1. The lowest BCUT2D eigenvalue weighted by Gasteiger charge is -2.25. The second-order valence-corrected chi connectivity index (χ2v) is 7.16. The van der Waals surface area contributed by atoms with E-state index in [2.05, 4.69) is 19.8 Å². The predicted molar refractivity (Wildman–Crippen MR) is 90.7 cm³/mol. The van der Waals surface area contributed by atoms with Gasteiger partial charge in [-0.15, -0.1) is 11.3 Å². The number of thiophene rings is 1. The zero-order valence-corrected chi connectivity index (χ0v) is 15.2. The van der Waals surface area contributed by atoms with Gasteiger partial charge in [0.15, 0.2) is 0 Å². The molecule has 1 aliphatic heterocycles. The van der Waals surface area contributed by atoms with E-state index in [1.54, 1.807) is 34.0 Å². The van der Waals surface area contributed by atoms with Gasteiger partial charge in [0.1, 0.15) is 5.69 Å². The zero-order valence-electron chi connectivity index (χ0n) is 14.3. The molecule has 0 bridgehead atoms. The number of morpholine rings is 1. The summed E-state index contributed by atoms with van der Waals surface area (Å²) in [7, 11) is 0. The van der Waals surface area contributed by atoms with Crippen molar-refractivity contribution in [2.75, 3.05) is 26.3 Å². The third-order valence-electron chi connectivity index (χ3n) is 4.03. The molecule has 0 aliphatic carbocycles. The predicted octanol–water partition coefficient (Wildman–Crippen LogP) is 2.53. The molecular formula is C16H14F3N5O3S. The number of carbonyl (C=O) groups is 1. The monoisotopic (exact) mass is 413 g/mol. The van der Waals surface area contributed by atoms with E-state index in [1.807, 2.05) is 0 Å². The molecule has 148 valence electrons. The molecule has 1 fully saturated rings. The van der Waals surface area contributed by atoms with Crippen LogP contribution in [0.25, 0.3) is 10.7 Å². The first kappa shape index (κ1) is 18.6. The van der Waals surface area contributed by atoms with E-state index in [4.69, 9.17) is 4.74 Å². The largest absolute Gasteiger partial charge is 0.471 e. The molecule has 3 aromatic heterocycles. The van der Waals surface area contributed by atoms with E-state index in [0.29, 0.717) is 43.4 Å². The number of ether oxygens (including phenoxy) is 1. The lowest BCUT2D eigenvalue weighted by Crippen LogP contribution is -2.40. The van der Waals surface area contributed by atoms with Crippen molar-refractivity contribution < 1.29 is 27.2 Å². The van der Waals surface area contributed by atoms with E-state index >= 15 is 0 Å². The summed E-state index contributed by atoms with van der Waals surface area (Å²) in [6, 6.07) is 5.00. The van der Waals surface area contributed by atoms with Gasteiger partial charge in [0.2, 0.25) is 5.82 Å². The van der Waals surface area contributed by atoms with E-state index in [9.17, 15) is 18.0 Å². The van der Waals surface area contributed by atoms with Gasteiger partial charge in [0.05, 0.1) is 24.6 Å². The van der Waals surface area contributed by atoms with Crippen molar-refractivity contribution in [1.82, 2.24) is 24.8 Å². The van der Waals surface area contributed by atoms with Crippen LogP contribution in [-0.4, -0.2) is 57.0 Å². The van der Waals surface area contributed by atoms with Crippen molar-refractivity contribution >= 4 is 17.2 Å². The number of alkyl halides is 3. The number of hydrogen-bond acceptors (Lipinski definition) is 7. The molecule has 4 heterocycles. The fourth-order valence-electron chi connectivity index (χ4n) is 2.67. The smallest absolute Gasteiger partial charge is 0.378 e. The van der Waals surface area contributed by atoms with Crippen molar-refractivity contribution in [3.05, 3.63) is 40.9 Å². The fraction of sp³-hybridized carbons (Fsp3) is 0.375. The SMILES string of the molecule is O=C(c1ccn(Cc2ccc(-c3noc(C(F)(F)F)n3)s2)n1)N1CCOCC1. The van der Waals surface area contributed by atoms with Crippen LogP contribution in [0.15, 0.2) is 28.9 Å². The average Bonchev–Trinajstić information content (AvgIpc) is 3.42. The molecule has 1 aliphatic rings. The maximum atomic E-state index is 12.6. The highest BCUT2D eigenvalue weighted by Crippen LogP contribution is 2.31. The number of amides is 1. The first-order chi connectivity index (χ1) is 13.4. The van der Waals surface area contributed by atoms with Crippen molar-refractivity contribution in [3.63, 3.8) is 0 Å². The summed E-state index contributed by atoms with van der Waals surface area (Å²) in [6.45, 7) is 2.45. The number of nitrogens with zero attached hydrogens (tertiary/aromatic N) is 5.